The van der Waals surface area contributed by atoms with Gasteiger partial charge in [-0.25, -0.2) is 13.1 Å². The van der Waals surface area contributed by atoms with E-state index >= 15 is 0 Å². The maximum Gasteiger partial charge on any atom is 0.211 e. The van der Waals surface area contributed by atoms with Crippen LogP contribution in [-0.2, 0) is 16.4 Å². The summed E-state index contributed by atoms with van der Waals surface area (Å²) in [4.78, 5) is 2.42. The van der Waals surface area contributed by atoms with E-state index < -0.39 is 10.0 Å². The summed E-state index contributed by atoms with van der Waals surface area (Å²) >= 11 is 0. The van der Waals surface area contributed by atoms with Gasteiger partial charge in [0.25, 0.3) is 0 Å². The minimum atomic E-state index is -3.13. The maximum atomic E-state index is 11.9. The van der Waals surface area contributed by atoms with E-state index in [-0.39, 0.29) is 11.8 Å². The van der Waals surface area contributed by atoms with Gasteiger partial charge in [-0.3, -0.25) is 4.90 Å². The summed E-state index contributed by atoms with van der Waals surface area (Å²) in [5, 5.41) is 0. The molecule has 0 saturated carbocycles. The van der Waals surface area contributed by atoms with Gasteiger partial charge in [-0.15, -0.1) is 0 Å². The number of nitrogens with zero attached hydrogens (tertiary/aromatic N) is 1. The molecular formula is C16H26N2O2S. The third-order valence-electron chi connectivity index (χ3n) is 3.98. The molecule has 0 amide bonds. The molecule has 0 radical (unpaired) electrons. The second-order valence-corrected chi connectivity index (χ2v) is 7.68. The lowest BCUT2D eigenvalue weighted by Gasteiger charge is -2.28. The molecule has 1 N–H and O–H groups in total. The fourth-order valence-electron chi connectivity index (χ4n) is 2.89. The van der Waals surface area contributed by atoms with Crippen molar-refractivity contribution in [2.24, 2.45) is 0 Å². The molecule has 1 saturated heterocycles. The van der Waals surface area contributed by atoms with Gasteiger partial charge in [0.15, 0.2) is 0 Å². The first-order chi connectivity index (χ1) is 10.1. The smallest absolute Gasteiger partial charge is 0.211 e. The molecule has 2 rings (SSSR count). The van der Waals surface area contributed by atoms with Crippen LogP contribution in [-0.4, -0.2) is 44.7 Å². The summed E-state index contributed by atoms with van der Waals surface area (Å²) in [6, 6.07) is 10.6. The van der Waals surface area contributed by atoms with Gasteiger partial charge >= 0.3 is 0 Å². The minimum Gasteiger partial charge on any atom is -0.299 e. The topological polar surface area (TPSA) is 49.4 Å². The lowest BCUT2D eigenvalue weighted by atomic mass is 10.1. The van der Waals surface area contributed by atoms with Crippen molar-refractivity contribution in [1.29, 1.82) is 0 Å². The van der Waals surface area contributed by atoms with E-state index in [1.54, 1.807) is 0 Å². The van der Waals surface area contributed by atoms with Crippen molar-refractivity contribution in [3.8, 4) is 0 Å². The average molecular weight is 310 g/mol. The summed E-state index contributed by atoms with van der Waals surface area (Å²) in [6.45, 7) is 4.55. The number of rotatable bonds is 8. The Labute approximate surface area is 128 Å². The normalized spacial score (nSPS) is 18.0. The second kappa shape index (κ2) is 7.92. The highest BCUT2D eigenvalue weighted by Gasteiger charge is 2.23. The van der Waals surface area contributed by atoms with Crippen LogP contribution >= 0.6 is 0 Å². The molecule has 0 bridgehead atoms. The van der Waals surface area contributed by atoms with Gasteiger partial charge in [0.1, 0.15) is 0 Å². The molecule has 4 nitrogen and oxygen atoms in total. The summed E-state index contributed by atoms with van der Waals surface area (Å²) in [7, 11) is -3.13. The van der Waals surface area contributed by atoms with Crippen molar-refractivity contribution in [3.63, 3.8) is 0 Å². The van der Waals surface area contributed by atoms with E-state index in [9.17, 15) is 8.42 Å². The van der Waals surface area contributed by atoms with Gasteiger partial charge in [0.05, 0.1) is 5.75 Å². The number of nitrogens with one attached hydrogen (secondary N) is 1. The maximum absolute atomic E-state index is 11.9. The van der Waals surface area contributed by atoms with Crippen molar-refractivity contribution in [1.82, 2.24) is 9.62 Å². The summed E-state index contributed by atoms with van der Waals surface area (Å²) in [6.07, 6.45) is 3.98. The van der Waals surface area contributed by atoms with Crippen LogP contribution in [0.4, 0.5) is 0 Å². The Balaban J connectivity index is 1.99. The van der Waals surface area contributed by atoms with Crippen LogP contribution < -0.4 is 4.72 Å². The molecule has 118 valence electrons. The number of hydrogen-bond donors (Lipinski definition) is 1. The van der Waals surface area contributed by atoms with Crippen LogP contribution in [0.1, 0.15) is 31.7 Å². The Hall–Kier alpha value is -0.910. The van der Waals surface area contributed by atoms with E-state index in [0.29, 0.717) is 13.0 Å². The third-order valence-corrected chi connectivity index (χ3v) is 5.54. The predicted octanol–water partition coefficient (Wildman–Crippen LogP) is 2.02. The molecule has 1 aliphatic rings. The zero-order valence-corrected chi connectivity index (χ0v) is 13.6. The van der Waals surface area contributed by atoms with Gasteiger partial charge < -0.3 is 0 Å². The summed E-state index contributed by atoms with van der Waals surface area (Å²) < 4.78 is 26.5. The molecule has 1 aliphatic heterocycles. The molecular weight excluding hydrogens is 284 g/mol. The molecule has 0 aromatic heterocycles. The van der Waals surface area contributed by atoms with Crippen molar-refractivity contribution in [2.45, 2.75) is 38.6 Å². The summed E-state index contributed by atoms with van der Waals surface area (Å²) in [5.74, 6) is 0.213. The van der Waals surface area contributed by atoms with E-state index in [1.165, 1.54) is 18.4 Å². The van der Waals surface area contributed by atoms with Crippen LogP contribution in [0.15, 0.2) is 30.3 Å². The Morgan fingerprint density at radius 1 is 1.19 bits per heavy atom. The van der Waals surface area contributed by atoms with Gasteiger partial charge in [-0.1, -0.05) is 37.3 Å². The molecule has 1 atom stereocenters. The first-order valence-electron chi connectivity index (χ1n) is 7.86. The van der Waals surface area contributed by atoms with Crippen LogP contribution in [0, 0.1) is 0 Å². The fraction of sp³-hybridized carbons (Fsp3) is 0.625. The Bertz CT molecular complexity index is 510. The van der Waals surface area contributed by atoms with Crippen molar-refractivity contribution in [3.05, 3.63) is 35.9 Å². The average Bonchev–Trinajstić information content (AvgIpc) is 2.98. The highest BCUT2D eigenvalue weighted by molar-refractivity contribution is 7.89. The molecule has 0 spiro atoms. The molecule has 0 aliphatic carbocycles. The molecule has 1 aromatic carbocycles. The van der Waals surface area contributed by atoms with Gasteiger partial charge in [0.2, 0.25) is 10.0 Å². The standard InChI is InChI=1S/C16H26N2O2S/c1-2-12-21(19,20)17-14-16(18-10-6-7-11-18)13-15-8-4-3-5-9-15/h3-5,8-9,16-17H,2,6-7,10-14H2,1H3. The van der Waals surface area contributed by atoms with E-state index in [2.05, 4.69) is 21.8 Å². The van der Waals surface area contributed by atoms with Gasteiger partial charge in [-0.2, -0.15) is 0 Å². The molecule has 5 heteroatoms. The zero-order chi connectivity index (χ0) is 15.1. The highest BCUT2D eigenvalue weighted by atomic mass is 32.2. The molecule has 1 aromatic rings. The van der Waals surface area contributed by atoms with Crippen LogP contribution in [0.25, 0.3) is 0 Å². The van der Waals surface area contributed by atoms with Crippen LogP contribution in [0.2, 0.25) is 0 Å². The first kappa shape index (κ1) is 16.5. The van der Waals surface area contributed by atoms with E-state index in [1.807, 2.05) is 25.1 Å². The van der Waals surface area contributed by atoms with E-state index in [4.69, 9.17) is 0 Å². The highest BCUT2D eigenvalue weighted by Crippen LogP contribution is 2.15. The van der Waals surface area contributed by atoms with Crippen molar-refractivity contribution >= 4 is 10.0 Å². The number of sulfonamides is 1. The van der Waals surface area contributed by atoms with Crippen LogP contribution in [0.5, 0.6) is 0 Å². The zero-order valence-electron chi connectivity index (χ0n) is 12.8. The lowest BCUT2D eigenvalue weighted by molar-refractivity contribution is 0.241. The van der Waals surface area contributed by atoms with Gasteiger partial charge in [-0.05, 0) is 44.3 Å². The lowest BCUT2D eigenvalue weighted by Crippen LogP contribution is -2.44. The predicted molar refractivity (Wildman–Crippen MR) is 86.8 cm³/mol. The molecule has 1 unspecified atom stereocenters. The fourth-order valence-corrected chi connectivity index (χ4v) is 4.02. The molecule has 1 heterocycles. The largest absolute Gasteiger partial charge is 0.299 e. The van der Waals surface area contributed by atoms with Crippen molar-refractivity contribution in [2.75, 3.05) is 25.4 Å². The summed E-state index contributed by atoms with van der Waals surface area (Å²) in [5.41, 5.74) is 1.27. The van der Waals surface area contributed by atoms with Crippen LogP contribution in [0.3, 0.4) is 0 Å². The molecule has 1 fully saturated rings. The number of hydrogen-bond acceptors (Lipinski definition) is 3. The monoisotopic (exact) mass is 310 g/mol. The molecule has 21 heavy (non-hydrogen) atoms. The SMILES string of the molecule is CCCS(=O)(=O)NCC(Cc1ccccc1)N1CCCC1. The Morgan fingerprint density at radius 3 is 2.48 bits per heavy atom. The van der Waals surface area contributed by atoms with E-state index in [0.717, 1.165) is 19.5 Å². The second-order valence-electron chi connectivity index (χ2n) is 5.75. The minimum absolute atomic E-state index is 0.213. The first-order valence-corrected chi connectivity index (χ1v) is 9.51. The Kier molecular flexibility index (Phi) is 6.21. The Morgan fingerprint density at radius 2 is 1.86 bits per heavy atom. The van der Waals surface area contributed by atoms with Gasteiger partial charge in [0, 0.05) is 12.6 Å². The number of benzene rings is 1. The third kappa shape index (κ3) is 5.41. The quantitative estimate of drug-likeness (QED) is 0.799. The number of likely N-dealkylation sites (tertiary alicyclic amines) is 1. The van der Waals surface area contributed by atoms with Crippen molar-refractivity contribution < 1.29 is 8.42 Å².